The second-order valence-electron chi connectivity index (χ2n) is 4.75. The standard InChI is InChI=1S/C13H21N5S/c1-3-16-17-13(7-14)11-4-5-18(8-11)12(9-19)6-10(2)15/h1,10,12,16-17,19H,4-6,8-9,15H2,2H3/b13-11+. The smallest absolute Gasteiger partial charge is 0.133 e. The van der Waals surface area contributed by atoms with Crippen LogP contribution in [-0.4, -0.2) is 35.8 Å². The maximum absolute atomic E-state index is 9.11. The highest BCUT2D eigenvalue weighted by atomic mass is 32.1. The van der Waals surface area contributed by atoms with Gasteiger partial charge < -0.3 is 5.73 Å². The van der Waals surface area contributed by atoms with Gasteiger partial charge >= 0.3 is 0 Å². The number of hydrazine groups is 1. The van der Waals surface area contributed by atoms with Crippen LogP contribution in [0.25, 0.3) is 0 Å². The molecule has 1 heterocycles. The van der Waals surface area contributed by atoms with E-state index in [1.54, 1.807) is 0 Å². The van der Waals surface area contributed by atoms with Crippen LogP contribution in [0.3, 0.4) is 0 Å². The molecule has 0 spiro atoms. The minimum atomic E-state index is 0.154. The molecule has 0 aliphatic carbocycles. The Hall–Kier alpha value is -1.34. The van der Waals surface area contributed by atoms with Crippen LogP contribution in [0, 0.1) is 23.8 Å². The molecule has 0 amide bonds. The number of nitrogens with zero attached hydrogens (tertiary/aromatic N) is 2. The molecule has 4 N–H and O–H groups in total. The van der Waals surface area contributed by atoms with Crippen LogP contribution < -0.4 is 16.6 Å². The summed E-state index contributed by atoms with van der Waals surface area (Å²) in [6.07, 6.45) is 6.87. The normalized spacial score (nSPS) is 21.1. The molecule has 0 aromatic heterocycles. The Morgan fingerprint density at radius 1 is 1.68 bits per heavy atom. The summed E-state index contributed by atoms with van der Waals surface area (Å²) in [5.74, 6) is 0.771. The van der Waals surface area contributed by atoms with Crippen LogP contribution in [0.1, 0.15) is 19.8 Å². The molecule has 0 aromatic rings. The molecule has 2 unspecified atom stereocenters. The summed E-state index contributed by atoms with van der Waals surface area (Å²) >= 11 is 4.39. The van der Waals surface area contributed by atoms with E-state index in [4.69, 9.17) is 17.4 Å². The number of nitrogens with two attached hydrogens (primary N) is 1. The molecule has 104 valence electrons. The van der Waals surface area contributed by atoms with E-state index in [2.05, 4.69) is 40.5 Å². The van der Waals surface area contributed by atoms with Crippen molar-refractivity contribution >= 4 is 12.6 Å². The largest absolute Gasteiger partial charge is 0.328 e. The quantitative estimate of drug-likeness (QED) is 0.184. The van der Waals surface area contributed by atoms with Gasteiger partial charge in [0.05, 0.1) is 0 Å². The van der Waals surface area contributed by atoms with Gasteiger partial charge in [-0.15, -0.1) is 0 Å². The lowest BCUT2D eigenvalue weighted by Gasteiger charge is -2.27. The van der Waals surface area contributed by atoms with E-state index in [9.17, 15) is 0 Å². The predicted molar refractivity (Wildman–Crippen MR) is 79.8 cm³/mol. The summed E-state index contributed by atoms with van der Waals surface area (Å²) in [4.78, 5) is 2.32. The van der Waals surface area contributed by atoms with Crippen molar-refractivity contribution in [2.45, 2.75) is 31.8 Å². The number of hydrogen-bond acceptors (Lipinski definition) is 6. The van der Waals surface area contributed by atoms with Crippen molar-refractivity contribution in [3.63, 3.8) is 0 Å². The number of rotatable bonds is 6. The van der Waals surface area contributed by atoms with Gasteiger partial charge in [0, 0.05) is 37.0 Å². The molecular weight excluding hydrogens is 258 g/mol. The van der Waals surface area contributed by atoms with Gasteiger partial charge in [-0.1, -0.05) is 6.42 Å². The van der Waals surface area contributed by atoms with Gasteiger partial charge in [0.1, 0.15) is 11.8 Å². The number of allylic oxidation sites excluding steroid dienone is 1. The second-order valence-corrected chi connectivity index (χ2v) is 5.12. The SMILES string of the molecule is C#CNN/C(C#N)=C1\CCN(C(CS)CC(C)N)C1. The Kier molecular flexibility index (Phi) is 6.58. The molecular formula is C13H21N5S. The molecule has 1 aliphatic heterocycles. The molecule has 1 aliphatic rings. The van der Waals surface area contributed by atoms with Crippen LogP contribution in [0.2, 0.25) is 0 Å². The lowest BCUT2D eigenvalue weighted by molar-refractivity contribution is 0.247. The van der Waals surface area contributed by atoms with Crippen LogP contribution in [0.5, 0.6) is 0 Å². The maximum Gasteiger partial charge on any atom is 0.133 e. The predicted octanol–water partition coefficient (Wildman–Crippen LogP) is 0.190. The van der Waals surface area contributed by atoms with E-state index in [-0.39, 0.29) is 6.04 Å². The lowest BCUT2D eigenvalue weighted by atomic mass is 10.1. The van der Waals surface area contributed by atoms with E-state index in [0.29, 0.717) is 11.7 Å². The molecule has 1 rings (SSSR count). The number of nitriles is 1. The van der Waals surface area contributed by atoms with Gasteiger partial charge in [-0.25, -0.2) is 0 Å². The third-order valence-electron chi connectivity index (χ3n) is 3.19. The number of thiol groups is 1. The summed E-state index contributed by atoms with van der Waals surface area (Å²) in [6.45, 7) is 3.69. The highest BCUT2D eigenvalue weighted by molar-refractivity contribution is 7.80. The topological polar surface area (TPSA) is 77.1 Å². The van der Waals surface area contributed by atoms with Crippen molar-refractivity contribution < 1.29 is 0 Å². The van der Waals surface area contributed by atoms with Crippen molar-refractivity contribution in [2.24, 2.45) is 5.73 Å². The fraction of sp³-hybridized carbons (Fsp3) is 0.615. The number of terminal acetylenes is 1. The minimum Gasteiger partial charge on any atom is -0.328 e. The van der Waals surface area contributed by atoms with E-state index >= 15 is 0 Å². The highest BCUT2D eigenvalue weighted by Crippen LogP contribution is 2.22. The van der Waals surface area contributed by atoms with Gasteiger partial charge in [0.2, 0.25) is 0 Å². The Labute approximate surface area is 120 Å². The Bertz CT molecular complexity index is 404. The lowest BCUT2D eigenvalue weighted by Crippen LogP contribution is -2.38. The van der Waals surface area contributed by atoms with Crippen LogP contribution in [0.15, 0.2) is 11.3 Å². The molecule has 19 heavy (non-hydrogen) atoms. The summed E-state index contributed by atoms with van der Waals surface area (Å²) in [7, 11) is 0. The minimum absolute atomic E-state index is 0.154. The van der Waals surface area contributed by atoms with E-state index in [1.165, 1.54) is 0 Å². The first kappa shape index (κ1) is 15.7. The van der Waals surface area contributed by atoms with E-state index in [1.807, 2.05) is 6.92 Å². The fourth-order valence-corrected chi connectivity index (χ4v) is 2.64. The van der Waals surface area contributed by atoms with Gasteiger partial charge in [-0.2, -0.15) is 17.9 Å². The van der Waals surface area contributed by atoms with Crippen LogP contribution >= 0.6 is 12.6 Å². The average molecular weight is 279 g/mol. The monoisotopic (exact) mass is 279 g/mol. The van der Waals surface area contributed by atoms with Gasteiger partial charge in [0.25, 0.3) is 0 Å². The number of nitrogens with one attached hydrogen (secondary N) is 2. The molecule has 1 fully saturated rings. The second kappa shape index (κ2) is 7.96. The summed E-state index contributed by atoms with van der Waals surface area (Å²) in [5.41, 5.74) is 12.7. The van der Waals surface area contributed by atoms with E-state index in [0.717, 1.165) is 37.3 Å². The number of likely N-dealkylation sites (tertiary alicyclic amines) is 1. The van der Waals surface area contributed by atoms with E-state index < -0.39 is 0 Å². The third-order valence-corrected chi connectivity index (χ3v) is 3.61. The average Bonchev–Trinajstić information content (AvgIpc) is 2.86. The van der Waals surface area contributed by atoms with Gasteiger partial charge in [-0.05, 0) is 25.3 Å². The van der Waals surface area contributed by atoms with Crippen molar-refractivity contribution in [3.05, 3.63) is 11.3 Å². The molecule has 6 heteroatoms. The van der Waals surface area contributed by atoms with Crippen molar-refractivity contribution in [3.8, 4) is 18.5 Å². The van der Waals surface area contributed by atoms with Gasteiger partial charge in [0.15, 0.2) is 0 Å². The molecule has 0 bridgehead atoms. The zero-order valence-corrected chi connectivity index (χ0v) is 12.1. The first-order chi connectivity index (χ1) is 9.12. The van der Waals surface area contributed by atoms with Crippen molar-refractivity contribution in [1.29, 1.82) is 5.26 Å². The van der Waals surface area contributed by atoms with Crippen molar-refractivity contribution in [1.82, 2.24) is 15.8 Å². The molecule has 0 radical (unpaired) electrons. The third kappa shape index (κ3) is 4.68. The summed E-state index contributed by atoms with van der Waals surface area (Å²) < 4.78 is 0. The Morgan fingerprint density at radius 2 is 2.42 bits per heavy atom. The molecule has 0 saturated carbocycles. The first-order valence-electron chi connectivity index (χ1n) is 6.31. The first-order valence-corrected chi connectivity index (χ1v) is 6.94. The summed E-state index contributed by atoms with van der Waals surface area (Å²) in [6, 6.07) is 4.88. The van der Waals surface area contributed by atoms with Crippen LogP contribution in [-0.2, 0) is 0 Å². The van der Waals surface area contributed by atoms with Crippen LogP contribution in [0.4, 0.5) is 0 Å². The zero-order chi connectivity index (χ0) is 14.3. The molecule has 5 nitrogen and oxygen atoms in total. The number of hydrogen-bond donors (Lipinski definition) is 4. The zero-order valence-electron chi connectivity index (χ0n) is 11.2. The van der Waals surface area contributed by atoms with Crippen molar-refractivity contribution in [2.75, 3.05) is 18.8 Å². The Morgan fingerprint density at radius 3 is 2.95 bits per heavy atom. The molecule has 0 aromatic carbocycles. The molecule has 2 atom stereocenters. The maximum atomic E-state index is 9.11. The summed E-state index contributed by atoms with van der Waals surface area (Å²) in [5, 5.41) is 9.11. The Balaban J connectivity index is 2.68. The fourth-order valence-electron chi connectivity index (χ4n) is 2.26. The molecule has 1 saturated heterocycles. The highest BCUT2D eigenvalue weighted by Gasteiger charge is 2.26. The van der Waals surface area contributed by atoms with Gasteiger partial charge in [-0.3, -0.25) is 15.8 Å².